The van der Waals surface area contributed by atoms with Gasteiger partial charge in [0, 0.05) is 6.04 Å². The summed E-state index contributed by atoms with van der Waals surface area (Å²) in [5.41, 5.74) is 0. The maximum absolute atomic E-state index is 12.6. The Kier molecular flexibility index (Phi) is 4.57. The number of rotatable bonds is 4. The molecule has 1 nitrogen and oxygen atoms in total. The minimum atomic E-state index is -3.98. The van der Waals surface area contributed by atoms with Crippen LogP contribution in [-0.2, 0) is 0 Å². The molecule has 0 amide bonds. The van der Waals surface area contributed by atoms with Crippen molar-refractivity contribution >= 4 is 0 Å². The van der Waals surface area contributed by atoms with Crippen LogP contribution in [0, 0.1) is 17.8 Å². The second-order valence-electron chi connectivity index (χ2n) is 5.93. The first kappa shape index (κ1) is 14.2. The average Bonchev–Trinajstić information content (AvgIpc) is 2.25. The van der Waals surface area contributed by atoms with Crippen LogP contribution in [0.25, 0.3) is 0 Å². The summed E-state index contributed by atoms with van der Waals surface area (Å²) in [5.74, 6) is 0.142. The van der Waals surface area contributed by atoms with Crippen molar-refractivity contribution in [2.75, 3.05) is 6.54 Å². The lowest BCUT2D eigenvalue weighted by atomic mass is 9.69. The minimum absolute atomic E-state index is 0.336. The molecule has 2 aliphatic rings. The van der Waals surface area contributed by atoms with Crippen molar-refractivity contribution in [2.45, 2.75) is 64.1 Å². The van der Waals surface area contributed by atoms with Crippen molar-refractivity contribution < 1.29 is 13.2 Å². The summed E-state index contributed by atoms with van der Waals surface area (Å²) in [6, 6.07) is 0.470. The van der Waals surface area contributed by atoms with Crippen LogP contribution < -0.4 is 5.32 Å². The van der Waals surface area contributed by atoms with E-state index in [1.165, 1.54) is 19.3 Å². The Morgan fingerprint density at radius 3 is 1.94 bits per heavy atom. The van der Waals surface area contributed by atoms with Gasteiger partial charge in [0.2, 0.25) is 0 Å². The number of halogens is 3. The lowest BCUT2D eigenvalue weighted by molar-refractivity contribution is -0.184. The molecule has 0 aromatic rings. The van der Waals surface area contributed by atoms with Crippen LogP contribution in [-0.4, -0.2) is 18.8 Å². The monoisotopic (exact) mass is 263 g/mol. The molecule has 2 saturated carbocycles. The fraction of sp³-hybridized carbons (Fsp3) is 1.00. The summed E-state index contributed by atoms with van der Waals surface area (Å²) in [4.78, 5) is 0. The first-order valence-corrected chi connectivity index (χ1v) is 7.32. The van der Waals surface area contributed by atoms with Crippen molar-refractivity contribution in [1.29, 1.82) is 0 Å². The normalized spacial score (nSPS) is 32.0. The molecular weight excluding hydrogens is 239 g/mol. The number of hydrogen-bond donors (Lipinski definition) is 1. The van der Waals surface area contributed by atoms with Crippen LogP contribution in [0.1, 0.15) is 51.9 Å². The van der Waals surface area contributed by atoms with E-state index in [0.717, 1.165) is 25.3 Å². The van der Waals surface area contributed by atoms with Crippen molar-refractivity contribution in [1.82, 2.24) is 5.32 Å². The molecule has 2 fully saturated rings. The third-order valence-electron chi connectivity index (χ3n) is 4.84. The fourth-order valence-corrected chi connectivity index (χ4v) is 3.56. The van der Waals surface area contributed by atoms with E-state index in [1.807, 2.05) is 0 Å². The average molecular weight is 263 g/mol. The predicted molar refractivity (Wildman–Crippen MR) is 66.3 cm³/mol. The summed E-state index contributed by atoms with van der Waals surface area (Å²) in [7, 11) is 0. The molecule has 2 rings (SSSR count). The third-order valence-corrected chi connectivity index (χ3v) is 4.84. The Hall–Kier alpha value is -0.250. The van der Waals surface area contributed by atoms with Crippen molar-refractivity contribution in [3.63, 3.8) is 0 Å². The van der Waals surface area contributed by atoms with E-state index >= 15 is 0 Å². The van der Waals surface area contributed by atoms with E-state index in [1.54, 1.807) is 0 Å². The van der Waals surface area contributed by atoms with Gasteiger partial charge < -0.3 is 5.32 Å². The summed E-state index contributed by atoms with van der Waals surface area (Å²) >= 11 is 0. The van der Waals surface area contributed by atoms with Gasteiger partial charge in [-0.25, -0.2) is 0 Å². The maximum atomic E-state index is 12.6. The van der Waals surface area contributed by atoms with Gasteiger partial charge in [-0.05, 0) is 56.9 Å². The summed E-state index contributed by atoms with van der Waals surface area (Å²) < 4.78 is 37.9. The lowest BCUT2D eigenvalue weighted by Crippen LogP contribution is -2.46. The second-order valence-corrected chi connectivity index (χ2v) is 5.93. The van der Waals surface area contributed by atoms with Crippen LogP contribution in [0.3, 0.4) is 0 Å². The highest BCUT2D eigenvalue weighted by Crippen LogP contribution is 2.43. The highest BCUT2D eigenvalue weighted by Gasteiger charge is 2.43. The van der Waals surface area contributed by atoms with Crippen LogP contribution in [0.4, 0.5) is 13.2 Å². The minimum Gasteiger partial charge on any atom is -0.314 e. The zero-order chi connectivity index (χ0) is 13.2. The van der Waals surface area contributed by atoms with Gasteiger partial charge in [0.25, 0.3) is 0 Å². The standard InChI is InChI=1S/C14H24F3N/c1-2-18-13(10-4-3-5-10)11-6-8-12(9-7-11)14(15,16)17/h10-13,18H,2-9H2,1H3. The number of hydrogen-bond acceptors (Lipinski definition) is 1. The van der Waals surface area contributed by atoms with Crippen LogP contribution in [0.2, 0.25) is 0 Å². The Balaban J connectivity index is 1.86. The Morgan fingerprint density at radius 1 is 1.00 bits per heavy atom. The fourth-order valence-electron chi connectivity index (χ4n) is 3.56. The van der Waals surface area contributed by atoms with Gasteiger partial charge in [-0.2, -0.15) is 13.2 Å². The molecule has 0 aliphatic heterocycles. The van der Waals surface area contributed by atoms with Gasteiger partial charge in [-0.15, -0.1) is 0 Å². The van der Waals surface area contributed by atoms with E-state index in [9.17, 15) is 13.2 Å². The molecule has 1 unspecified atom stereocenters. The number of alkyl halides is 3. The molecule has 0 aromatic heterocycles. The van der Waals surface area contributed by atoms with Crippen molar-refractivity contribution in [3.05, 3.63) is 0 Å². The van der Waals surface area contributed by atoms with E-state index in [4.69, 9.17) is 0 Å². The molecule has 0 saturated heterocycles. The zero-order valence-electron chi connectivity index (χ0n) is 11.1. The smallest absolute Gasteiger partial charge is 0.314 e. The maximum Gasteiger partial charge on any atom is 0.391 e. The van der Waals surface area contributed by atoms with Gasteiger partial charge in [0.05, 0.1) is 5.92 Å². The molecule has 0 aromatic carbocycles. The van der Waals surface area contributed by atoms with Gasteiger partial charge >= 0.3 is 6.18 Å². The molecule has 1 atom stereocenters. The largest absolute Gasteiger partial charge is 0.391 e. The summed E-state index contributed by atoms with van der Waals surface area (Å²) in [6.07, 6.45) is 2.01. The quantitative estimate of drug-likeness (QED) is 0.804. The van der Waals surface area contributed by atoms with Crippen molar-refractivity contribution in [3.8, 4) is 0 Å². The summed E-state index contributed by atoms with van der Waals surface area (Å²) in [5, 5.41) is 3.53. The number of nitrogens with one attached hydrogen (secondary N) is 1. The van der Waals surface area contributed by atoms with Crippen LogP contribution >= 0.6 is 0 Å². The molecule has 0 heterocycles. The highest BCUT2D eigenvalue weighted by atomic mass is 19.4. The first-order chi connectivity index (χ1) is 8.52. The van der Waals surface area contributed by atoms with Gasteiger partial charge in [0.15, 0.2) is 0 Å². The molecular formula is C14H24F3N. The molecule has 0 bridgehead atoms. The highest BCUT2D eigenvalue weighted by molar-refractivity contribution is 4.90. The molecule has 0 radical (unpaired) electrons. The van der Waals surface area contributed by atoms with Crippen LogP contribution in [0.5, 0.6) is 0 Å². The lowest BCUT2D eigenvalue weighted by Gasteiger charge is -2.42. The van der Waals surface area contributed by atoms with Gasteiger partial charge in [-0.1, -0.05) is 13.3 Å². The zero-order valence-corrected chi connectivity index (χ0v) is 11.1. The molecule has 106 valence electrons. The van der Waals surface area contributed by atoms with E-state index in [-0.39, 0.29) is 0 Å². The Bertz CT molecular complexity index is 252. The third kappa shape index (κ3) is 3.19. The van der Waals surface area contributed by atoms with Gasteiger partial charge in [0.1, 0.15) is 0 Å². The topological polar surface area (TPSA) is 12.0 Å². The molecule has 18 heavy (non-hydrogen) atoms. The first-order valence-electron chi connectivity index (χ1n) is 7.32. The van der Waals surface area contributed by atoms with Gasteiger partial charge in [-0.3, -0.25) is 0 Å². The molecule has 0 spiro atoms. The van der Waals surface area contributed by atoms with E-state index in [2.05, 4.69) is 12.2 Å². The Labute approximate surface area is 108 Å². The predicted octanol–water partition coefficient (Wildman–Crippen LogP) is 4.13. The molecule has 2 aliphatic carbocycles. The SMILES string of the molecule is CCNC(C1CCC1)C1CCC(C(F)(F)F)CC1. The molecule has 1 N–H and O–H groups in total. The summed E-state index contributed by atoms with van der Waals surface area (Å²) in [6.45, 7) is 3.02. The van der Waals surface area contributed by atoms with Crippen LogP contribution in [0.15, 0.2) is 0 Å². The Morgan fingerprint density at radius 2 is 1.56 bits per heavy atom. The van der Waals surface area contributed by atoms with Crippen molar-refractivity contribution in [2.24, 2.45) is 17.8 Å². The van der Waals surface area contributed by atoms with E-state index in [0.29, 0.717) is 24.8 Å². The second kappa shape index (κ2) is 5.81. The van der Waals surface area contributed by atoms with E-state index < -0.39 is 12.1 Å². The molecule has 4 heteroatoms.